The second-order valence-corrected chi connectivity index (χ2v) is 3.71. The van der Waals surface area contributed by atoms with Crippen LogP contribution in [-0.2, 0) is 9.53 Å². The van der Waals surface area contributed by atoms with E-state index in [0.717, 1.165) is 0 Å². The van der Waals surface area contributed by atoms with Crippen LogP contribution in [-0.4, -0.2) is 24.1 Å². The Bertz CT molecular complexity index is 210. The van der Waals surface area contributed by atoms with Crippen LogP contribution in [0.25, 0.3) is 0 Å². The van der Waals surface area contributed by atoms with Crippen molar-refractivity contribution in [2.45, 2.75) is 32.8 Å². The molecule has 0 fully saturated rings. The van der Waals surface area contributed by atoms with Crippen LogP contribution in [0.2, 0.25) is 0 Å². The van der Waals surface area contributed by atoms with Crippen LogP contribution >= 0.6 is 0 Å². The van der Waals surface area contributed by atoms with E-state index in [1.165, 1.54) is 0 Å². The fraction of sp³-hybridized carbons (Fsp3) is 0.750. The SMILES string of the molecule is CC(C)(C)OC(=O)NNC(=O)CCN. The summed E-state index contributed by atoms with van der Waals surface area (Å²) in [5.41, 5.74) is 8.82. The molecule has 0 aromatic heterocycles. The summed E-state index contributed by atoms with van der Waals surface area (Å²) in [6.07, 6.45) is -0.529. The topological polar surface area (TPSA) is 93.5 Å². The lowest BCUT2D eigenvalue weighted by Gasteiger charge is -2.19. The first-order chi connectivity index (χ1) is 6.35. The second kappa shape index (κ2) is 5.43. The fourth-order valence-corrected chi connectivity index (χ4v) is 0.618. The molecule has 0 heterocycles. The van der Waals surface area contributed by atoms with Crippen molar-refractivity contribution in [2.24, 2.45) is 5.73 Å². The lowest BCUT2D eigenvalue weighted by molar-refractivity contribution is -0.121. The molecule has 0 rings (SSSR count). The average molecular weight is 203 g/mol. The zero-order valence-corrected chi connectivity index (χ0v) is 8.72. The van der Waals surface area contributed by atoms with Crippen molar-refractivity contribution in [3.63, 3.8) is 0 Å². The highest BCUT2D eigenvalue weighted by Crippen LogP contribution is 2.05. The lowest BCUT2D eigenvalue weighted by atomic mass is 10.2. The normalized spacial score (nSPS) is 10.6. The number of carbonyl (C=O) groups excluding carboxylic acids is 2. The predicted octanol–water partition coefficient (Wildman–Crippen LogP) is -0.109. The fourth-order valence-electron chi connectivity index (χ4n) is 0.618. The second-order valence-electron chi connectivity index (χ2n) is 3.71. The van der Waals surface area contributed by atoms with Crippen molar-refractivity contribution in [1.82, 2.24) is 10.9 Å². The van der Waals surface area contributed by atoms with Gasteiger partial charge in [0.1, 0.15) is 5.60 Å². The molecule has 0 aliphatic heterocycles. The summed E-state index contributed by atoms with van der Waals surface area (Å²) in [4.78, 5) is 21.8. The maximum Gasteiger partial charge on any atom is 0.426 e. The molecule has 0 atom stereocenters. The number of ether oxygens (including phenoxy) is 1. The first kappa shape index (κ1) is 12.7. The van der Waals surface area contributed by atoms with Gasteiger partial charge in [-0.15, -0.1) is 0 Å². The number of hydrogen-bond donors (Lipinski definition) is 3. The number of rotatable bonds is 2. The van der Waals surface area contributed by atoms with E-state index in [1.807, 2.05) is 0 Å². The van der Waals surface area contributed by atoms with Crippen LogP contribution in [0.15, 0.2) is 0 Å². The maximum absolute atomic E-state index is 11.0. The number of carbonyl (C=O) groups is 2. The van der Waals surface area contributed by atoms with Gasteiger partial charge in [0.15, 0.2) is 0 Å². The van der Waals surface area contributed by atoms with Crippen LogP contribution < -0.4 is 16.6 Å². The van der Waals surface area contributed by atoms with Crippen molar-refractivity contribution in [3.8, 4) is 0 Å². The number of hydrazine groups is 1. The highest BCUT2D eigenvalue weighted by atomic mass is 16.6. The summed E-state index contributed by atoms with van der Waals surface area (Å²) in [5.74, 6) is -0.349. The first-order valence-electron chi connectivity index (χ1n) is 4.33. The van der Waals surface area contributed by atoms with E-state index < -0.39 is 11.7 Å². The molecule has 0 unspecified atom stereocenters. The van der Waals surface area contributed by atoms with Crippen LogP contribution in [0.4, 0.5) is 4.79 Å². The molecule has 0 saturated carbocycles. The molecule has 82 valence electrons. The highest BCUT2D eigenvalue weighted by Gasteiger charge is 2.16. The van der Waals surface area contributed by atoms with E-state index in [9.17, 15) is 9.59 Å². The summed E-state index contributed by atoms with van der Waals surface area (Å²) < 4.78 is 4.87. The Morgan fingerprint density at radius 2 is 1.86 bits per heavy atom. The molecule has 0 saturated heterocycles. The molecule has 6 heteroatoms. The van der Waals surface area contributed by atoms with Gasteiger partial charge in [-0.3, -0.25) is 10.2 Å². The van der Waals surface area contributed by atoms with Crippen LogP contribution in [0.3, 0.4) is 0 Å². The summed E-state index contributed by atoms with van der Waals surface area (Å²) in [7, 11) is 0. The Hall–Kier alpha value is -1.30. The molecule has 14 heavy (non-hydrogen) atoms. The number of nitrogens with one attached hydrogen (secondary N) is 2. The minimum atomic E-state index is -0.692. The summed E-state index contributed by atoms with van der Waals surface area (Å²) >= 11 is 0. The number of amides is 2. The van der Waals surface area contributed by atoms with Gasteiger partial charge in [0.2, 0.25) is 5.91 Å². The Morgan fingerprint density at radius 3 is 2.29 bits per heavy atom. The van der Waals surface area contributed by atoms with E-state index in [0.29, 0.717) is 0 Å². The van der Waals surface area contributed by atoms with Gasteiger partial charge in [0.05, 0.1) is 0 Å². The quantitative estimate of drug-likeness (QED) is 0.546. The molecule has 0 aromatic rings. The van der Waals surface area contributed by atoms with E-state index in [2.05, 4.69) is 10.9 Å². The minimum Gasteiger partial charge on any atom is -0.443 e. The van der Waals surface area contributed by atoms with E-state index >= 15 is 0 Å². The Morgan fingerprint density at radius 1 is 1.29 bits per heavy atom. The molecule has 0 radical (unpaired) electrons. The third-order valence-corrected chi connectivity index (χ3v) is 1.07. The first-order valence-corrected chi connectivity index (χ1v) is 4.33. The van der Waals surface area contributed by atoms with Crippen molar-refractivity contribution < 1.29 is 14.3 Å². The molecule has 0 aliphatic carbocycles. The smallest absolute Gasteiger partial charge is 0.426 e. The highest BCUT2D eigenvalue weighted by molar-refractivity contribution is 5.79. The van der Waals surface area contributed by atoms with Gasteiger partial charge >= 0.3 is 6.09 Å². The molecule has 4 N–H and O–H groups in total. The molecule has 0 bridgehead atoms. The molecular weight excluding hydrogens is 186 g/mol. The van der Waals surface area contributed by atoms with Crippen molar-refractivity contribution >= 4 is 12.0 Å². The monoisotopic (exact) mass is 203 g/mol. The van der Waals surface area contributed by atoms with Crippen molar-refractivity contribution in [3.05, 3.63) is 0 Å². The van der Waals surface area contributed by atoms with E-state index in [-0.39, 0.29) is 18.9 Å². The largest absolute Gasteiger partial charge is 0.443 e. The zero-order chi connectivity index (χ0) is 11.2. The van der Waals surface area contributed by atoms with Crippen molar-refractivity contribution in [1.29, 1.82) is 0 Å². The molecule has 0 aromatic carbocycles. The molecule has 0 aliphatic rings. The average Bonchev–Trinajstić information content (AvgIpc) is 1.98. The third-order valence-electron chi connectivity index (χ3n) is 1.07. The van der Waals surface area contributed by atoms with E-state index in [4.69, 9.17) is 10.5 Å². The van der Waals surface area contributed by atoms with Gasteiger partial charge in [-0.2, -0.15) is 0 Å². The van der Waals surface area contributed by atoms with Gasteiger partial charge < -0.3 is 10.5 Å². The third kappa shape index (κ3) is 7.35. The predicted molar refractivity (Wildman–Crippen MR) is 51.2 cm³/mol. The Labute approximate surface area is 83.1 Å². The summed E-state index contributed by atoms with van der Waals surface area (Å²) in [6.45, 7) is 5.43. The Balaban J connectivity index is 3.70. The molecular formula is C8H17N3O3. The van der Waals surface area contributed by atoms with Gasteiger partial charge in [0.25, 0.3) is 0 Å². The number of nitrogens with two attached hydrogens (primary N) is 1. The zero-order valence-electron chi connectivity index (χ0n) is 8.72. The van der Waals surface area contributed by atoms with Gasteiger partial charge in [0, 0.05) is 13.0 Å². The van der Waals surface area contributed by atoms with Crippen LogP contribution in [0, 0.1) is 0 Å². The standard InChI is InChI=1S/C8H17N3O3/c1-8(2,3)14-7(13)11-10-6(12)4-5-9/h4-5,9H2,1-3H3,(H,10,12)(H,11,13). The minimum absolute atomic E-state index is 0.162. The molecule has 2 amide bonds. The maximum atomic E-state index is 11.0. The number of hydrogen-bond acceptors (Lipinski definition) is 4. The lowest BCUT2D eigenvalue weighted by Crippen LogP contribution is -2.44. The summed E-state index contributed by atoms with van der Waals surface area (Å²) in [6, 6.07) is 0. The van der Waals surface area contributed by atoms with Gasteiger partial charge in [-0.05, 0) is 20.8 Å². The van der Waals surface area contributed by atoms with Crippen LogP contribution in [0.1, 0.15) is 27.2 Å². The Kier molecular flexibility index (Phi) is 4.93. The summed E-state index contributed by atoms with van der Waals surface area (Å²) in [5, 5.41) is 0. The molecule has 0 spiro atoms. The van der Waals surface area contributed by atoms with Crippen molar-refractivity contribution in [2.75, 3.05) is 6.54 Å². The van der Waals surface area contributed by atoms with Crippen LogP contribution in [0.5, 0.6) is 0 Å². The van der Waals surface area contributed by atoms with Gasteiger partial charge in [-0.1, -0.05) is 0 Å². The molecule has 6 nitrogen and oxygen atoms in total. The van der Waals surface area contributed by atoms with E-state index in [1.54, 1.807) is 20.8 Å². The van der Waals surface area contributed by atoms with Gasteiger partial charge in [-0.25, -0.2) is 10.2 Å².